The highest BCUT2D eigenvalue weighted by molar-refractivity contribution is 7.89. The highest BCUT2D eigenvalue weighted by atomic mass is 32.2. The van der Waals surface area contributed by atoms with Crippen LogP contribution in [-0.2, 0) is 19.6 Å². The number of rotatable bonds is 7. The van der Waals surface area contributed by atoms with E-state index in [2.05, 4.69) is 15.4 Å². The maximum atomic E-state index is 14.0. The van der Waals surface area contributed by atoms with Crippen molar-refractivity contribution in [3.63, 3.8) is 0 Å². The molecule has 0 radical (unpaired) electrons. The fourth-order valence-electron chi connectivity index (χ4n) is 2.60. The average Bonchev–Trinajstić information content (AvgIpc) is 2.65. The Hall–Kier alpha value is -2.98. The summed E-state index contributed by atoms with van der Waals surface area (Å²) in [4.78, 5) is 24.2. The molecular formula is C22H28FN3O5S. The van der Waals surface area contributed by atoms with Crippen LogP contribution in [0.5, 0.6) is 0 Å². The number of amides is 2. The lowest BCUT2D eigenvalue weighted by Crippen LogP contribution is -2.28. The van der Waals surface area contributed by atoms with Gasteiger partial charge in [-0.15, -0.1) is 0 Å². The molecule has 0 saturated carbocycles. The molecule has 0 aliphatic carbocycles. The zero-order chi connectivity index (χ0) is 24.1. The third-order valence-corrected chi connectivity index (χ3v) is 5.78. The van der Waals surface area contributed by atoms with Gasteiger partial charge in [-0.2, -0.15) is 0 Å². The van der Waals surface area contributed by atoms with E-state index in [9.17, 15) is 22.4 Å². The normalized spacial score (nSPS) is 11.7. The van der Waals surface area contributed by atoms with Crippen LogP contribution in [0.15, 0.2) is 41.3 Å². The summed E-state index contributed by atoms with van der Waals surface area (Å²) in [5.74, 6) is -1.18. The van der Waals surface area contributed by atoms with E-state index in [0.29, 0.717) is 0 Å². The van der Waals surface area contributed by atoms with E-state index in [1.54, 1.807) is 32.9 Å². The molecule has 10 heteroatoms. The van der Waals surface area contributed by atoms with Crippen LogP contribution in [0, 0.1) is 19.7 Å². The Morgan fingerprint density at radius 2 is 1.69 bits per heavy atom. The maximum absolute atomic E-state index is 14.0. The molecule has 32 heavy (non-hydrogen) atoms. The third kappa shape index (κ3) is 7.61. The van der Waals surface area contributed by atoms with Crippen molar-refractivity contribution in [3.8, 4) is 0 Å². The minimum absolute atomic E-state index is 0.120. The lowest BCUT2D eigenvalue weighted by atomic mass is 10.1. The van der Waals surface area contributed by atoms with Gasteiger partial charge in [0.1, 0.15) is 11.4 Å². The number of aryl methyl sites for hydroxylation is 2. The Balaban J connectivity index is 1.94. The van der Waals surface area contributed by atoms with Crippen LogP contribution in [0.25, 0.3) is 0 Å². The first-order valence-electron chi connectivity index (χ1n) is 9.93. The summed E-state index contributed by atoms with van der Waals surface area (Å²) >= 11 is 0. The largest absolute Gasteiger partial charge is 0.444 e. The zero-order valence-corrected chi connectivity index (χ0v) is 19.5. The third-order valence-electron chi connectivity index (χ3n) is 4.32. The highest BCUT2D eigenvalue weighted by Crippen LogP contribution is 2.21. The molecule has 0 atom stereocenters. The minimum Gasteiger partial charge on any atom is -0.444 e. The predicted octanol–water partition coefficient (Wildman–Crippen LogP) is 4.10. The van der Waals surface area contributed by atoms with Gasteiger partial charge >= 0.3 is 6.09 Å². The summed E-state index contributed by atoms with van der Waals surface area (Å²) in [6, 6.07) is 8.44. The lowest BCUT2D eigenvalue weighted by molar-refractivity contribution is -0.116. The van der Waals surface area contributed by atoms with Crippen LogP contribution in [0.3, 0.4) is 0 Å². The van der Waals surface area contributed by atoms with E-state index in [0.717, 1.165) is 17.2 Å². The van der Waals surface area contributed by atoms with Crippen molar-refractivity contribution < 1.29 is 27.1 Å². The molecule has 2 aromatic rings. The number of carbonyl (C=O) groups is 2. The molecule has 2 rings (SSSR count). The van der Waals surface area contributed by atoms with Gasteiger partial charge in [-0.25, -0.2) is 22.3 Å². The van der Waals surface area contributed by atoms with E-state index in [1.165, 1.54) is 18.2 Å². The molecule has 3 N–H and O–H groups in total. The van der Waals surface area contributed by atoms with Crippen molar-refractivity contribution in [1.29, 1.82) is 0 Å². The SMILES string of the molecule is Cc1ccc(S(=O)(=O)NCCC(=O)Nc2ccc(F)c(NC(=O)OC(C)(C)C)c2)cc1C. The lowest BCUT2D eigenvalue weighted by Gasteiger charge is -2.20. The fourth-order valence-corrected chi connectivity index (χ4v) is 3.72. The van der Waals surface area contributed by atoms with Crippen LogP contribution in [0.2, 0.25) is 0 Å². The van der Waals surface area contributed by atoms with Gasteiger partial charge in [-0.05, 0) is 76.1 Å². The zero-order valence-electron chi connectivity index (χ0n) is 18.7. The first kappa shape index (κ1) is 25.3. The summed E-state index contributed by atoms with van der Waals surface area (Å²) in [5, 5.41) is 4.83. The Bertz CT molecular complexity index is 1110. The standard InChI is InChI=1S/C22H28FN3O5S/c1-14-6-8-17(12-15(14)2)32(29,30)24-11-10-20(27)25-16-7-9-18(23)19(13-16)26-21(28)31-22(3,4)5/h6-9,12-13,24H,10-11H2,1-5H3,(H,25,27)(H,26,28). The van der Waals surface area contributed by atoms with Gasteiger partial charge in [0.25, 0.3) is 0 Å². The number of sulfonamides is 1. The molecule has 8 nitrogen and oxygen atoms in total. The van der Waals surface area contributed by atoms with E-state index in [-0.39, 0.29) is 29.2 Å². The van der Waals surface area contributed by atoms with Crippen LogP contribution < -0.4 is 15.4 Å². The molecule has 0 unspecified atom stereocenters. The van der Waals surface area contributed by atoms with Crippen molar-refractivity contribution in [2.45, 2.75) is 51.5 Å². The summed E-state index contributed by atoms with van der Waals surface area (Å²) in [6.07, 6.45) is -0.975. The van der Waals surface area contributed by atoms with Gasteiger partial charge in [0.05, 0.1) is 10.6 Å². The van der Waals surface area contributed by atoms with Crippen LogP contribution in [0.1, 0.15) is 38.3 Å². The van der Waals surface area contributed by atoms with Crippen LogP contribution in [0.4, 0.5) is 20.6 Å². The van der Waals surface area contributed by atoms with Gasteiger partial charge in [0.2, 0.25) is 15.9 Å². The molecule has 2 amide bonds. The molecule has 0 bridgehead atoms. The molecule has 0 saturated heterocycles. The first-order valence-corrected chi connectivity index (χ1v) is 11.4. The van der Waals surface area contributed by atoms with Crippen LogP contribution in [-0.4, -0.2) is 32.6 Å². The molecule has 0 aliphatic heterocycles. The summed E-state index contributed by atoms with van der Waals surface area (Å²) in [7, 11) is -3.75. The highest BCUT2D eigenvalue weighted by Gasteiger charge is 2.18. The van der Waals surface area contributed by atoms with Gasteiger partial charge < -0.3 is 10.1 Å². The number of benzene rings is 2. The smallest absolute Gasteiger partial charge is 0.412 e. The molecule has 0 heterocycles. The molecule has 2 aromatic carbocycles. The summed E-state index contributed by atoms with van der Waals surface area (Å²) < 4.78 is 46.2. The number of hydrogen-bond acceptors (Lipinski definition) is 5. The molecule has 0 spiro atoms. The monoisotopic (exact) mass is 465 g/mol. The molecule has 0 aliphatic rings. The van der Waals surface area contributed by atoms with Crippen molar-refractivity contribution >= 4 is 33.4 Å². The topological polar surface area (TPSA) is 114 Å². The molecule has 0 fully saturated rings. The van der Waals surface area contributed by atoms with Gasteiger partial charge in [0, 0.05) is 18.7 Å². The summed E-state index contributed by atoms with van der Waals surface area (Å²) in [5.41, 5.74) is 1.14. The number of halogens is 1. The number of carbonyl (C=O) groups excluding carboxylic acids is 2. The molecule has 0 aromatic heterocycles. The Morgan fingerprint density at radius 3 is 2.31 bits per heavy atom. The number of ether oxygens (including phenoxy) is 1. The quantitative estimate of drug-likeness (QED) is 0.570. The van der Waals surface area contributed by atoms with Gasteiger partial charge in [-0.1, -0.05) is 6.07 Å². The van der Waals surface area contributed by atoms with Crippen molar-refractivity contribution in [2.75, 3.05) is 17.2 Å². The Kier molecular flexibility index (Phi) is 7.97. The van der Waals surface area contributed by atoms with Crippen molar-refractivity contribution in [1.82, 2.24) is 4.72 Å². The fraction of sp³-hybridized carbons (Fsp3) is 0.364. The number of hydrogen-bond donors (Lipinski definition) is 3. The minimum atomic E-state index is -3.75. The number of anilines is 2. The van der Waals surface area contributed by atoms with Gasteiger partial charge in [-0.3, -0.25) is 10.1 Å². The summed E-state index contributed by atoms with van der Waals surface area (Å²) in [6.45, 7) is 8.60. The predicted molar refractivity (Wildman–Crippen MR) is 121 cm³/mol. The average molecular weight is 466 g/mol. The Labute approximate surface area is 187 Å². The number of nitrogens with one attached hydrogen (secondary N) is 3. The Morgan fingerprint density at radius 1 is 1.00 bits per heavy atom. The molecular weight excluding hydrogens is 437 g/mol. The van der Waals surface area contributed by atoms with Crippen LogP contribution >= 0.6 is 0 Å². The van der Waals surface area contributed by atoms with E-state index < -0.39 is 33.4 Å². The van der Waals surface area contributed by atoms with E-state index >= 15 is 0 Å². The van der Waals surface area contributed by atoms with Crippen molar-refractivity contribution in [2.24, 2.45) is 0 Å². The van der Waals surface area contributed by atoms with E-state index in [4.69, 9.17) is 4.74 Å². The first-order chi connectivity index (χ1) is 14.8. The maximum Gasteiger partial charge on any atom is 0.412 e. The van der Waals surface area contributed by atoms with Crippen molar-refractivity contribution in [3.05, 3.63) is 53.3 Å². The second-order valence-electron chi connectivity index (χ2n) is 8.26. The second-order valence-corrected chi connectivity index (χ2v) is 10.0. The van der Waals surface area contributed by atoms with Gasteiger partial charge in [0.15, 0.2) is 0 Å². The van der Waals surface area contributed by atoms with E-state index in [1.807, 2.05) is 13.8 Å². The molecule has 174 valence electrons. The second kappa shape index (κ2) is 10.1.